The molecular weight excluding hydrogens is 493 g/mol. The van der Waals surface area contributed by atoms with E-state index in [1.807, 2.05) is 24.3 Å². The molecule has 0 saturated heterocycles. The highest BCUT2D eigenvalue weighted by atomic mass is 32.2. The van der Waals surface area contributed by atoms with Crippen LogP contribution in [0, 0.1) is 0 Å². The lowest BCUT2D eigenvalue weighted by molar-refractivity contribution is -0.137. The molecule has 1 aliphatic rings. The third-order valence-corrected chi connectivity index (χ3v) is 7.00. The predicted octanol–water partition coefficient (Wildman–Crippen LogP) is 5.93. The van der Waals surface area contributed by atoms with Crippen LogP contribution in [0.25, 0.3) is 0 Å². The Hall–Kier alpha value is -3.66. The number of rotatable bonds is 6. The Labute approximate surface area is 210 Å². The average molecular weight is 517 g/mol. The van der Waals surface area contributed by atoms with E-state index in [0.29, 0.717) is 17.2 Å². The van der Waals surface area contributed by atoms with Crippen molar-refractivity contribution in [3.8, 4) is 11.5 Å². The molecule has 3 aromatic carbocycles. The largest absolute Gasteiger partial charge is 0.493 e. The quantitative estimate of drug-likeness (QED) is 0.440. The minimum atomic E-state index is -4.63. The van der Waals surface area contributed by atoms with Gasteiger partial charge in [-0.05, 0) is 42.0 Å². The highest BCUT2D eigenvalue weighted by molar-refractivity contribution is 7.99. The van der Waals surface area contributed by atoms with Gasteiger partial charge in [-0.1, -0.05) is 30.3 Å². The normalized spacial score (nSPS) is 15.6. The summed E-state index contributed by atoms with van der Waals surface area (Å²) >= 11 is 1.47. The minimum absolute atomic E-state index is 0.0707. The summed E-state index contributed by atoms with van der Waals surface area (Å²) in [7, 11) is 3.06. The number of benzene rings is 3. The maximum absolute atomic E-state index is 13.3. The van der Waals surface area contributed by atoms with Gasteiger partial charge in [-0.25, -0.2) is 0 Å². The summed E-state index contributed by atoms with van der Waals surface area (Å²) in [6.45, 7) is -0.429. The van der Waals surface area contributed by atoms with Crippen LogP contribution in [0.2, 0.25) is 0 Å². The summed E-state index contributed by atoms with van der Waals surface area (Å²) < 4.78 is 50.7. The first-order valence-electron chi connectivity index (χ1n) is 10.9. The summed E-state index contributed by atoms with van der Waals surface area (Å²) in [5, 5.41) is 2.04. The number of carbonyl (C=O) groups is 2. The number of ether oxygens (including phenoxy) is 2. The zero-order valence-electron chi connectivity index (χ0n) is 19.5. The van der Waals surface area contributed by atoms with Crippen molar-refractivity contribution in [2.75, 3.05) is 31.0 Å². The minimum Gasteiger partial charge on any atom is -0.493 e. The second-order valence-electron chi connectivity index (χ2n) is 7.96. The molecule has 4 rings (SSSR count). The Kier molecular flexibility index (Phi) is 7.44. The highest BCUT2D eigenvalue weighted by Crippen LogP contribution is 2.47. The molecule has 0 bridgehead atoms. The molecule has 0 radical (unpaired) electrons. The number of hydrogen-bond donors (Lipinski definition) is 1. The van der Waals surface area contributed by atoms with Gasteiger partial charge >= 0.3 is 6.18 Å². The van der Waals surface area contributed by atoms with Crippen LogP contribution in [-0.2, 0) is 15.8 Å². The van der Waals surface area contributed by atoms with Gasteiger partial charge in [-0.15, -0.1) is 11.8 Å². The van der Waals surface area contributed by atoms with Crippen LogP contribution in [0.15, 0.2) is 71.6 Å². The molecule has 0 saturated carbocycles. The molecular formula is C26H23F3N2O4S. The van der Waals surface area contributed by atoms with Crippen LogP contribution in [0.4, 0.5) is 24.5 Å². The highest BCUT2D eigenvalue weighted by Gasteiger charge is 2.34. The first kappa shape index (κ1) is 25.4. The van der Waals surface area contributed by atoms with Gasteiger partial charge in [0, 0.05) is 16.6 Å². The molecule has 10 heteroatoms. The third-order valence-electron chi connectivity index (χ3n) is 5.67. The molecule has 1 atom stereocenters. The Morgan fingerprint density at radius 1 is 1.03 bits per heavy atom. The Balaban J connectivity index is 1.60. The van der Waals surface area contributed by atoms with Crippen molar-refractivity contribution >= 4 is 35.0 Å². The number of nitrogens with zero attached hydrogens (tertiary/aromatic N) is 1. The third kappa shape index (κ3) is 5.43. The topological polar surface area (TPSA) is 67.9 Å². The number of nitrogens with one attached hydrogen (secondary N) is 1. The number of hydrogen-bond acceptors (Lipinski definition) is 5. The number of halogens is 3. The van der Waals surface area contributed by atoms with E-state index in [-0.39, 0.29) is 23.3 Å². The Morgan fingerprint density at radius 3 is 2.44 bits per heavy atom. The SMILES string of the molecule is COc1ccc([C@H]2CC(=O)N(CC(=O)Nc3ccccc3C(F)(F)F)c3ccccc3S2)cc1OC. The summed E-state index contributed by atoms with van der Waals surface area (Å²) in [5.74, 6) is 0.0279. The van der Waals surface area contributed by atoms with Crippen molar-refractivity contribution in [3.63, 3.8) is 0 Å². The number of alkyl halides is 3. The lowest BCUT2D eigenvalue weighted by Crippen LogP contribution is -2.38. The van der Waals surface area contributed by atoms with Crippen molar-refractivity contribution in [1.29, 1.82) is 0 Å². The first-order valence-corrected chi connectivity index (χ1v) is 11.8. The van der Waals surface area contributed by atoms with Gasteiger partial charge in [0.05, 0.1) is 31.2 Å². The number of anilines is 2. The van der Waals surface area contributed by atoms with E-state index in [0.717, 1.165) is 16.5 Å². The van der Waals surface area contributed by atoms with Crippen molar-refractivity contribution in [2.45, 2.75) is 22.7 Å². The molecule has 0 aromatic heterocycles. The molecule has 6 nitrogen and oxygen atoms in total. The molecule has 1 N–H and O–H groups in total. The number of amides is 2. The Bertz CT molecular complexity index is 1280. The smallest absolute Gasteiger partial charge is 0.418 e. The van der Waals surface area contributed by atoms with Crippen LogP contribution in [0.1, 0.15) is 22.8 Å². The van der Waals surface area contributed by atoms with Crippen LogP contribution in [0.3, 0.4) is 0 Å². The van der Waals surface area contributed by atoms with Gasteiger partial charge in [0.15, 0.2) is 11.5 Å². The van der Waals surface area contributed by atoms with E-state index in [1.54, 1.807) is 18.2 Å². The van der Waals surface area contributed by atoms with E-state index >= 15 is 0 Å². The monoisotopic (exact) mass is 516 g/mol. The predicted molar refractivity (Wildman–Crippen MR) is 132 cm³/mol. The molecule has 1 aliphatic heterocycles. The molecule has 0 fully saturated rings. The van der Waals surface area contributed by atoms with Gasteiger partial charge in [-0.2, -0.15) is 13.2 Å². The summed E-state index contributed by atoms with van der Waals surface area (Å²) in [5.41, 5.74) is 0.0501. The van der Waals surface area contributed by atoms with Crippen molar-refractivity contribution < 1.29 is 32.2 Å². The molecule has 2 amide bonds. The van der Waals surface area contributed by atoms with E-state index < -0.39 is 24.2 Å². The number of methoxy groups -OCH3 is 2. The second-order valence-corrected chi connectivity index (χ2v) is 9.21. The number of carbonyl (C=O) groups excluding carboxylic acids is 2. The summed E-state index contributed by atoms with van der Waals surface area (Å²) in [6, 6.07) is 17.3. The van der Waals surface area contributed by atoms with E-state index in [1.165, 1.54) is 49.1 Å². The fourth-order valence-electron chi connectivity index (χ4n) is 3.96. The molecule has 1 heterocycles. The molecule has 188 valence electrons. The van der Waals surface area contributed by atoms with Crippen LogP contribution in [-0.4, -0.2) is 32.6 Å². The molecule has 0 unspecified atom stereocenters. The number of fused-ring (bicyclic) bond motifs is 1. The van der Waals surface area contributed by atoms with Gasteiger partial charge < -0.3 is 19.7 Å². The summed E-state index contributed by atoms with van der Waals surface area (Å²) in [6.07, 6.45) is -4.56. The fraction of sp³-hybridized carbons (Fsp3) is 0.231. The first-order chi connectivity index (χ1) is 17.2. The fourth-order valence-corrected chi connectivity index (χ4v) is 5.23. The molecule has 0 spiro atoms. The van der Waals surface area contributed by atoms with Gasteiger partial charge in [0.2, 0.25) is 11.8 Å². The molecule has 3 aromatic rings. The summed E-state index contributed by atoms with van der Waals surface area (Å²) in [4.78, 5) is 28.3. The Morgan fingerprint density at radius 2 is 1.72 bits per heavy atom. The lowest BCUT2D eigenvalue weighted by atomic mass is 10.1. The van der Waals surface area contributed by atoms with Crippen molar-refractivity contribution in [3.05, 3.63) is 77.9 Å². The number of thioether (sulfide) groups is 1. The lowest BCUT2D eigenvalue weighted by Gasteiger charge is -2.22. The maximum Gasteiger partial charge on any atom is 0.418 e. The van der Waals surface area contributed by atoms with Crippen LogP contribution >= 0.6 is 11.8 Å². The van der Waals surface area contributed by atoms with Gasteiger partial charge in [-0.3, -0.25) is 9.59 Å². The van der Waals surface area contributed by atoms with E-state index in [9.17, 15) is 22.8 Å². The van der Waals surface area contributed by atoms with Crippen molar-refractivity contribution in [2.24, 2.45) is 0 Å². The van der Waals surface area contributed by atoms with Crippen molar-refractivity contribution in [1.82, 2.24) is 0 Å². The number of para-hydroxylation sites is 2. The zero-order chi connectivity index (χ0) is 25.9. The maximum atomic E-state index is 13.3. The average Bonchev–Trinajstić information content (AvgIpc) is 2.99. The zero-order valence-corrected chi connectivity index (χ0v) is 20.3. The molecule has 36 heavy (non-hydrogen) atoms. The van der Waals surface area contributed by atoms with Crippen LogP contribution < -0.4 is 19.7 Å². The van der Waals surface area contributed by atoms with E-state index in [2.05, 4.69) is 5.32 Å². The van der Waals surface area contributed by atoms with Gasteiger partial charge in [0.25, 0.3) is 0 Å². The van der Waals surface area contributed by atoms with Gasteiger partial charge in [0.1, 0.15) is 6.54 Å². The van der Waals surface area contributed by atoms with E-state index in [4.69, 9.17) is 9.47 Å². The molecule has 0 aliphatic carbocycles. The van der Waals surface area contributed by atoms with Crippen LogP contribution in [0.5, 0.6) is 11.5 Å². The second kappa shape index (κ2) is 10.5. The standard InChI is InChI=1S/C26H23F3N2O4S/c1-34-20-12-11-16(13-21(20)35-2)23-14-25(33)31(19-9-5-6-10-22(19)36-23)15-24(32)30-18-8-4-3-7-17(18)26(27,28)29/h3-13,23H,14-15H2,1-2H3,(H,30,32)/t23-/m1/s1.